The highest BCUT2D eigenvalue weighted by atomic mass is 16.3. The summed E-state index contributed by atoms with van der Waals surface area (Å²) in [6, 6.07) is 4.98. The highest BCUT2D eigenvalue weighted by Crippen LogP contribution is 2.12. The van der Waals surface area contributed by atoms with Crippen molar-refractivity contribution in [1.29, 1.82) is 0 Å². The molecule has 1 aromatic rings. The molecule has 0 heterocycles. The molecule has 0 radical (unpaired) electrons. The molecular formula is C12H18N2O3. The number of anilines is 1. The van der Waals surface area contributed by atoms with Gasteiger partial charge in [0, 0.05) is 17.8 Å². The summed E-state index contributed by atoms with van der Waals surface area (Å²) in [5.41, 5.74) is 6.15. The van der Waals surface area contributed by atoms with Crippen molar-refractivity contribution in [2.45, 2.75) is 19.4 Å². The number of aryl methyl sites for hydroxylation is 1. The van der Waals surface area contributed by atoms with Gasteiger partial charge >= 0.3 is 0 Å². The number of carbonyl (C=O) groups is 1. The molecule has 5 heteroatoms. The van der Waals surface area contributed by atoms with E-state index in [-0.39, 0.29) is 12.5 Å². The summed E-state index contributed by atoms with van der Waals surface area (Å²) in [7, 11) is 0. The predicted octanol–water partition coefficient (Wildman–Crippen LogP) is 0.0503. The van der Waals surface area contributed by atoms with E-state index in [0.29, 0.717) is 11.3 Å². The second kappa shape index (κ2) is 5.16. The molecule has 5 nitrogen and oxygen atoms in total. The molecule has 0 aliphatic rings. The number of nitrogen functional groups attached to an aromatic ring is 1. The second-order valence-electron chi connectivity index (χ2n) is 4.41. The van der Waals surface area contributed by atoms with Crippen LogP contribution in [0.1, 0.15) is 22.8 Å². The maximum atomic E-state index is 11.8. The Morgan fingerprint density at radius 1 is 1.53 bits per heavy atom. The van der Waals surface area contributed by atoms with Crippen molar-refractivity contribution < 1.29 is 15.0 Å². The van der Waals surface area contributed by atoms with Crippen LogP contribution in [-0.2, 0) is 0 Å². The first kappa shape index (κ1) is 13.5. The minimum atomic E-state index is -1.31. The molecule has 1 rings (SSSR count). The van der Waals surface area contributed by atoms with Gasteiger partial charge in [-0.25, -0.2) is 0 Å². The Labute approximate surface area is 100 Å². The lowest BCUT2D eigenvalue weighted by Gasteiger charge is -2.20. The van der Waals surface area contributed by atoms with Crippen molar-refractivity contribution in [3.05, 3.63) is 29.3 Å². The fourth-order valence-corrected chi connectivity index (χ4v) is 1.36. The fourth-order valence-electron chi connectivity index (χ4n) is 1.36. The predicted molar refractivity (Wildman–Crippen MR) is 65.6 cm³/mol. The number of benzene rings is 1. The van der Waals surface area contributed by atoms with Crippen molar-refractivity contribution >= 4 is 11.6 Å². The molecule has 17 heavy (non-hydrogen) atoms. The quantitative estimate of drug-likeness (QED) is 0.557. The Balaban J connectivity index is 2.71. The van der Waals surface area contributed by atoms with Crippen LogP contribution in [0.5, 0.6) is 0 Å². The van der Waals surface area contributed by atoms with Crippen LogP contribution >= 0.6 is 0 Å². The van der Waals surface area contributed by atoms with E-state index in [1.807, 2.05) is 0 Å². The third-order valence-electron chi connectivity index (χ3n) is 2.47. The van der Waals surface area contributed by atoms with Gasteiger partial charge in [-0.3, -0.25) is 4.79 Å². The Morgan fingerprint density at radius 2 is 2.18 bits per heavy atom. The summed E-state index contributed by atoms with van der Waals surface area (Å²) < 4.78 is 0. The van der Waals surface area contributed by atoms with Gasteiger partial charge < -0.3 is 21.3 Å². The topological polar surface area (TPSA) is 95.6 Å². The zero-order valence-electron chi connectivity index (χ0n) is 10.0. The summed E-state index contributed by atoms with van der Waals surface area (Å²) in [5.74, 6) is -0.295. The lowest BCUT2D eigenvalue weighted by atomic mass is 10.1. The largest absolute Gasteiger partial charge is 0.399 e. The molecule has 1 unspecified atom stereocenters. The monoisotopic (exact) mass is 238 g/mol. The first-order valence-electron chi connectivity index (χ1n) is 5.33. The van der Waals surface area contributed by atoms with Gasteiger partial charge in [0.15, 0.2) is 0 Å². The van der Waals surface area contributed by atoms with E-state index in [4.69, 9.17) is 10.8 Å². The van der Waals surface area contributed by atoms with Gasteiger partial charge in [0.05, 0.1) is 6.61 Å². The van der Waals surface area contributed by atoms with E-state index in [1.165, 1.54) is 6.92 Å². The Hall–Kier alpha value is -1.59. The van der Waals surface area contributed by atoms with Gasteiger partial charge in [0.1, 0.15) is 5.60 Å². The van der Waals surface area contributed by atoms with Gasteiger partial charge in [0.25, 0.3) is 5.91 Å². The lowest BCUT2D eigenvalue weighted by Crippen LogP contribution is -2.43. The van der Waals surface area contributed by atoms with Crippen LogP contribution in [0.3, 0.4) is 0 Å². The summed E-state index contributed by atoms with van der Waals surface area (Å²) in [4.78, 5) is 11.8. The average molecular weight is 238 g/mol. The first-order valence-corrected chi connectivity index (χ1v) is 5.33. The van der Waals surface area contributed by atoms with Gasteiger partial charge in [-0.15, -0.1) is 0 Å². The number of nitrogens with two attached hydrogens (primary N) is 1. The molecule has 0 saturated heterocycles. The van der Waals surface area contributed by atoms with Crippen LogP contribution in [0.15, 0.2) is 18.2 Å². The molecule has 0 aliphatic heterocycles. The van der Waals surface area contributed by atoms with E-state index in [9.17, 15) is 9.90 Å². The Bertz CT molecular complexity index is 416. The minimum absolute atomic E-state index is 0.00779. The van der Waals surface area contributed by atoms with Crippen LogP contribution in [0, 0.1) is 6.92 Å². The molecule has 1 atom stereocenters. The van der Waals surface area contributed by atoms with Gasteiger partial charge in [0.2, 0.25) is 0 Å². The highest BCUT2D eigenvalue weighted by molar-refractivity contribution is 5.96. The van der Waals surface area contributed by atoms with Crippen molar-refractivity contribution in [2.75, 3.05) is 18.9 Å². The normalized spacial score (nSPS) is 14.1. The molecular weight excluding hydrogens is 220 g/mol. The van der Waals surface area contributed by atoms with Crippen molar-refractivity contribution in [1.82, 2.24) is 5.32 Å². The minimum Gasteiger partial charge on any atom is -0.399 e. The average Bonchev–Trinajstić information content (AvgIpc) is 2.26. The highest BCUT2D eigenvalue weighted by Gasteiger charge is 2.20. The molecule has 94 valence electrons. The number of hydrogen-bond donors (Lipinski definition) is 4. The van der Waals surface area contributed by atoms with E-state index in [2.05, 4.69) is 5.32 Å². The van der Waals surface area contributed by atoms with Gasteiger partial charge in [-0.05, 0) is 37.6 Å². The van der Waals surface area contributed by atoms with E-state index >= 15 is 0 Å². The summed E-state index contributed by atoms with van der Waals surface area (Å²) in [6.07, 6.45) is 0. The maximum Gasteiger partial charge on any atom is 0.251 e. The summed E-state index contributed by atoms with van der Waals surface area (Å²) in [5, 5.41) is 21.0. The zero-order valence-corrected chi connectivity index (χ0v) is 10.0. The third-order valence-corrected chi connectivity index (χ3v) is 2.47. The fraction of sp³-hybridized carbons (Fsp3) is 0.417. The third kappa shape index (κ3) is 3.72. The first-order chi connectivity index (χ1) is 7.85. The molecule has 1 aromatic carbocycles. The second-order valence-corrected chi connectivity index (χ2v) is 4.41. The van der Waals surface area contributed by atoms with E-state index < -0.39 is 12.2 Å². The SMILES string of the molecule is Cc1cc(N)ccc1C(=O)NCC(C)(O)CO. The van der Waals surface area contributed by atoms with Gasteiger partial charge in [-0.1, -0.05) is 0 Å². The van der Waals surface area contributed by atoms with E-state index in [0.717, 1.165) is 5.56 Å². The molecule has 0 aromatic heterocycles. The molecule has 0 saturated carbocycles. The smallest absolute Gasteiger partial charge is 0.251 e. The lowest BCUT2D eigenvalue weighted by molar-refractivity contribution is 0.00319. The van der Waals surface area contributed by atoms with Crippen LogP contribution < -0.4 is 11.1 Å². The van der Waals surface area contributed by atoms with Gasteiger partial charge in [-0.2, -0.15) is 0 Å². The number of aliphatic hydroxyl groups is 2. The number of aliphatic hydroxyl groups excluding tert-OH is 1. The molecule has 0 spiro atoms. The van der Waals surface area contributed by atoms with Crippen LogP contribution in [0.25, 0.3) is 0 Å². The standard InChI is InChI=1S/C12H18N2O3/c1-8-5-9(13)3-4-10(8)11(16)14-6-12(2,17)7-15/h3-5,15,17H,6-7,13H2,1-2H3,(H,14,16). The molecule has 1 amide bonds. The van der Waals surface area contributed by atoms with Crippen molar-refractivity contribution in [2.24, 2.45) is 0 Å². The number of rotatable bonds is 4. The van der Waals surface area contributed by atoms with Crippen molar-refractivity contribution in [3.8, 4) is 0 Å². The Kier molecular flexibility index (Phi) is 4.09. The summed E-state index contributed by atoms with van der Waals surface area (Å²) >= 11 is 0. The Morgan fingerprint density at radius 3 is 2.71 bits per heavy atom. The zero-order chi connectivity index (χ0) is 13.1. The maximum absolute atomic E-state index is 11.8. The summed E-state index contributed by atoms with van der Waals surface area (Å²) in [6.45, 7) is 2.82. The molecule has 0 aliphatic carbocycles. The van der Waals surface area contributed by atoms with Crippen LogP contribution in [0.4, 0.5) is 5.69 Å². The number of hydrogen-bond acceptors (Lipinski definition) is 4. The number of carbonyl (C=O) groups excluding carboxylic acids is 1. The molecule has 0 bridgehead atoms. The number of amides is 1. The van der Waals surface area contributed by atoms with E-state index in [1.54, 1.807) is 25.1 Å². The van der Waals surface area contributed by atoms with Crippen LogP contribution in [-0.4, -0.2) is 34.9 Å². The van der Waals surface area contributed by atoms with Crippen molar-refractivity contribution in [3.63, 3.8) is 0 Å². The molecule has 5 N–H and O–H groups in total. The molecule has 0 fully saturated rings. The van der Waals surface area contributed by atoms with Crippen LogP contribution in [0.2, 0.25) is 0 Å². The number of nitrogens with one attached hydrogen (secondary N) is 1.